The van der Waals surface area contributed by atoms with Crippen LogP contribution in [0, 0.1) is 11.3 Å². The van der Waals surface area contributed by atoms with Gasteiger partial charge in [0, 0.05) is 16.7 Å². The van der Waals surface area contributed by atoms with E-state index in [2.05, 4.69) is 16.7 Å². The molecule has 43 heavy (non-hydrogen) atoms. The van der Waals surface area contributed by atoms with Crippen LogP contribution >= 0.6 is 0 Å². The van der Waals surface area contributed by atoms with Crippen molar-refractivity contribution >= 4 is 29.3 Å². The quantitative estimate of drug-likeness (QED) is 0.238. The first kappa shape index (κ1) is 29.1. The van der Waals surface area contributed by atoms with E-state index in [-0.39, 0.29) is 5.78 Å². The zero-order valence-corrected chi connectivity index (χ0v) is 24.6. The molecule has 4 aromatic rings. The van der Waals surface area contributed by atoms with E-state index in [1.54, 1.807) is 19.1 Å². The third-order valence-corrected chi connectivity index (χ3v) is 7.43. The first-order chi connectivity index (χ1) is 20.4. The summed E-state index contributed by atoms with van der Waals surface area (Å²) >= 11 is 0. The minimum Gasteiger partial charge on any atom is -0.438 e. The molecule has 0 spiro atoms. The molecule has 0 bridgehead atoms. The van der Waals surface area contributed by atoms with Crippen molar-refractivity contribution in [1.82, 2.24) is 0 Å². The number of fused-ring (bicyclic) bond motifs is 2. The largest absolute Gasteiger partial charge is 0.438 e. The fraction of sp³-hybridized carbons (Fsp3) is 0.200. The Bertz CT molecular complexity index is 1820. The van der Waals surface area contributed by atoms with E-state index in [1.807, 2.05) is 100 Å². The average Bonchev–Trinajstić information content (AvgIpc) is 2.96. The van der Waals surface area contributed by atoms with Crippen LogP contribution in [-0.4, -0.2) is 18.0 Å². The first-order valence-corrected chi connectivity index (χ1v) is 13.8. The summed E-state index contributed by atoms with van der Waals surface area (Å²) < 4.78 is 10.7. The van der Waals surface area contributed by atoms with Crippen molar-refractivity contribution in [1.29, 1.82) is 5.26 Å². The predicted octanol–water partition coefficient (Wildman–Crippen LogP) is 8.38. The Morgan fingerprint density at radius 3 is 1.63 bits per heavy atom. The molecule has 2 heterocycles. The first-order valence-electron chi connectivity index (χ1n) is 13.8. The zero-order chi connectivity index (χ0) is 30.9. The predicted molar refractivity (Wildman–Crippen MR) is 165 cm³/mol. The maximum absolute atomic E-state index is 11.5. The van der Waals surface area contributed by atoms with Crippen molar-refractivity contribution in [2.45, 2.75) is 45.8 Å². The van der Waals surface area contributed by atoms with Crippen molar-refractivity contribution in [3.8, 4) is 28.3 Å². The highest BCUT2D eigenvalue weighted by molar-refractivity contribution is 5.95. The minimum atomic E-state index is -0.689. The lowest BCUT2D eigenvalue weighted by molar-refractivity contribution is 0.0412. The summed E-state index contributed by atoms with van der Waals surface area (Å²) in [6.45, 7) is 9.00. The molecule has 2 aliphatic heterocycles. The second kappa shape index (κ2) is 11.1. The van der Waals surface area contributed by atoms with Crippen LogP contribution in [0.5, 0.6) is 0 Å². The van der Waals surface area contributed by atoms with Gasteiger partial charge in [0.1, 0.15) is 11.2 Å². The lowest BCUT2D eigenvalue weighted by Gasteiger charge is -2.32. The lowest BCUT2D eigenvalue weighted by Crippen LogP contribution is -2.34. The molecule has 8 heteroatoms. The number of nitrogens with zero attached hydrogens (tertiary/aromatic N) is 1. The van der Waals surface area contributed by atoms with Crippen molar-refractivity contribution in [2.75, 3.05) is 10.6 Å². The number of anilines is 2. The van der Waals surface area contributed by atoms with Crippen molar-refractivity contribution in [2.24, 2.45) is 0 Å². The van der Waals surface area contributed by atoms with Crippen LogP contribution in [0.4, 0.5) is 21.0 Å². The number of hydrogen-bond donors (Lipinski definition) is 2. The van der Waals surface area contributed by atoms with Gasteiger partial charge in [-0.3, -0.25) is 15.4 Å². The fourth-order valence-corrected chi connectivity index (χ4v) is 5.19. The maximum Gasteiger partial charge on any atom is 0.412 e. The molecule has 216 valence electrons. The molecular formula is C35H31N3O5. The van der Waals surface area contributed by atoms with Crippen molar-refractivity contribution < 1.29 is 23.9 Å². The van der Waals surface area contributed by atoms with Gasteiger partial charge in [-0.25, -0.2) is 9.59 Å². The molecule has 0 saturated carbocycles. The molecule has 0 fully saturated rings. The third kappa shape index (κ3) is 6.11. The summed E-state index contributed by atoms with van der Waals surface area (Å²) in [5, 5.41) is 14.4. The van der Waals surface area contributed by atoms with Crippen LogP contribution < -0.4 is 10.6 Å². The molecule has 6 rings (SSSR count). The van der Waals surface area contributed by atoms with E-state index in [0.29, 0.717) is 11.1 Å². The summed E-state index contributed by atoms with van der Waals surface area (Å²) in [6.07, 6.45) is -0.879. The van der Waals surface area contributed by atoms with Gasteiger partial charge in [0.15, 0.2) is 5.78 Å². The van der Waals surface area contributed by atoms with Crippen LogP contribution in [0.3, 0.4) is 0 Å². The molecule has 8 nitrogen and oxygen atoms in total. The summed E-state index contributed by atoms with van der Waals surface area (Å²) in [4.78, 5) is 34.6. The topological polar surface area (TPSA) is 118 Å². The molecule has 2 N–H and O–H groups in total. The number of rotatable bonds is 3. The number of Topliss-reactive ketones (excluding diaryl/α,β-unsaturated/α-hetero) is 1. The summed E-state index contributed by atoms with van der Waals surface area (Å²) in [7, 11) is 0. The van der Waals surface area contributed by atoms with Gasteiger partial charge in [-0.15, -0.1) is 0 Å². The highest BCUT2D eigenvalue weighted by Gasteiger charge is 2.34. The highest BCUT2D eigenvalue weighted by Crippen LogP contribution is 2.39. The van der Waals surface area contributed by atoms with Gasteiger partial charge in [-0.05, 0) is 99.3 Å². The van der Waals surface area contributed by atoms with Crippen LogP contribution in [-0.2, 0) is 20.7 Å². The van der Waals surface area contributed by atoms with Gasteiger partial charge in [0.2, 0.25) is 0 Å². The Morgan fingerprint density at radius 2 is 1.14 bits per heavy atom. The monoisotopic (exact) mass is 573 g/mol. The Hall–Kier alpha value is -5.42. The molecule has 0 unspecified atom stereocenters. The molecular weight excluding hydrogens is 542 g/mol. The van der Waals surface area contributed by atoms with Crippen molar-refractivity contribution in [3.63, 3.8) is 0 Å². The Labute approximate surface area is 250 Å². The van der Waals surface area contributed by atoms with Gasteiger partial charge in [-0.2, -0.15) is 5.26 Å². The number of ketones is 1. The van der Waals surface area contributed by atoms with Crippen LogP contribution in [0.2, 0.25) is 0 Å². The molecule has 0 radical (unpaired) electrons. The number of carbonyl (C=O) groups excluding carboxylic acids is 3. The number of ether oxygens (including phenoxy) is 2. The van der Waals surface area contributed by atoms with E-state index in [4.69, 9.17) is 14.7 Å². The smallest absolute Gasteiger partial charge is 0.412 e. The molecule has 0 atom stereocenters. The lowest BCUT2D eigenvalue weighted by atomic mass is 9.91. The van der Waals surface area contributed by atoms with Gasteiger partial charge >= 0.3 is 12.2 Å². The Kier molecular flexibility index (Phi) is 7.51. The van der Waals surface area contributed by atoms with Crippen LogP contribution in [0.1, 0.15) is 61.7 Å². The number of amides is 2. The van der Waals surface area contributed by atoms with E-state index in [0.717, 1.165) is 44.8 Å². The number of benzene rings is 4. The molecule has 0 aromatic heterocycles. The van der Waals surface area contributed by atoms with Crippen molar-refractivity contribution in [3.05, 3.63) is 107 Å². The second-order valence-electron chi connectivity index (χ2n) is 11.4. The van der Waals surface area contributed by atoms with Gasteiger partial charge in [0.05, 0.1) is 23.0 Å². The molecule has 0 aliphatic carbocycles. The number of cyclic esters (lactones) is 2. The van der Waals surface area contributed by atoms with Crippen LogP contribution in [0.25, 0.3) is 22.3 Å². The van der Waals surface area contributed by atoms with E-state index < -0.39 is 23.4 Å². The number of hydrogen-bond acceptors (Lipinski definition) is 6. The van der Waals surface area contributed by atoms with Crippen LogP contribution in [0.15, 0.2) is 84.9 Å². The summed E-state index contributed by atoms with van der Waals surface area (Å²) in [5.41, 5.74) is 7.17. The standard InChI is InChI=1S/C18H17NO3.C17H14N2O2/c1-11(20)12-5-4-6-13(9-12)14-7-8-16-15(10-14)18(2,3)22-17(21)19-16;1-17(2)14-9-13(6-7-15(14)19-16(20)21-17)12-5-3-4-11(8-12)10-18/h4-10H,1-3H3,(H,19,21);3-9H,1-2H3,(H,19,20). The van der Waals surface area contributed by atoms with E-state index in [9.17, 15) is 14.4 Å². The number of nitriles is 1. The van der Waals surface area contributed by atoms with E-state index in [1.165, 1.54) is 0 Å². The highest BCUT2D eigenvalue weighted by atomic mass is 16.6. The normalized spacial score (nSPS) is 15.4. The Balaban J connectivity index is 0.000000171. The van der Waals surface area contributed by atoms with Gasteiger partial charge < -0.3 is 9.47 Å². The zero-order valence-electron chi connectivity index (χ0n) is 24.6. The molecule has 4 aromatic carbocycles. The van der Waals surface area contributed by atoms with Gasteiger partial charge in [0.25, 0.3) is 0 Å². The second-order valence-corrected chi connectivity index (χ2v) is 11.4. The summed E-state index contributed by atoms with van der Waals surface area (Å²) in [6, 6.07) is 28.7. The Morgan fingerprint density at radius 1 is 0.674 bits per heavy atom. The van der Waals surface area contributed by atoms with E-state index >= 15 is 0 Å². The summed E-state index contributed by atoms with van der Waals surface area (Å²) in [5.74, 6) is 0.0377. The minimum absolute atomic E-state index is 0.0377. The molecule has 2 aliphatic rings. The number of nitrogens with one attached hydrogen (secondary N) is 2. The third-order valence-electron chi connectivity index (χ3n) is 7.43. The SMILES string of the molecule is CC(=O)c1cccc(-c2ccc3c(c2)C(C)(C)OC(=O)N3)c1.CC1(C)OC(=O)Nc2ccc(-c3cccc(C#N)c3)cc21. The fourth-order valence-electron chi connectivity index (χ4n) is 5.19. The maximum atomic E-state index is 11.5. The number of carbonyl (C=O) groups is 3. The molecule has 2 amide bonds. The average molecular weight is 574 g/mol. The van der Waals surface area contributed by atoms with Gasteiger partial charge in [-0.1, -0.05) is 42.5 Å². The molecule has 0 saturated heterocycles.